The van der Waals surface area contributed by atoms with E-state index in [-0.39, 0.29) is 6.10 Å². The normalized spacial score (nSPS) is 31.7. The third kappa shape index (κ3) is 3.04. The van der Waals surface area contributed by atoms with Gasteiger partial charge in [0.25, 0.3) is 0 Å². The van der Waals surface area contributed by atoms with Crippen LogP contribution in [-0.2, 0) is 4.74 Å². The summed E-state index contributed by atoms with van der Waals surface area (Å²) in [6.07, 6.45) is 5.81. The maximum atomic E-state index is 9.18. The topological polar surface area (TPSA) is 29.5 Å². The van der Waals surface area contributed by atoms with E-state index >= 15 is 0 Å². The molecule has 1 N–H and O–H groups in total. The summed E-state index contributed by atoms with van der Waals surface area (Å²) in [5.41, 5.74) is 0. The Labute approximate surface area is 67.9 Å². The van der Waals surface area contributed by atoms with Crippen LogP contribution in [0.3, 0.4) is 0 Å². The number of aliphatic hydroxyl groups is 1. The standard InChI is InChI=1S/C9H16O2/c1-2-7-11-9-5-3-8(10)4-6-9/h2,8-10H,1,3-7H2. The molecule has 0 bridgehead atoms. The summed E-state index contributed by atoms with van der Waals surface area (Å²) < 4.78 is 5.45. The first kappa shape index (κ1) is 8.75. The van der Waals surface area contributed by atoms with Crippen LogP contribution < -0.4 is 0 Å². The summed E-state index contributed by atoms with van der Waals surface area (Å²) in [5.74, 6) is 0. The molecule has 0 atom stereocenters. The Bertz CT molecular complexity index is 115. The van der Waals surface area contributed by atoms with Gasteiger partial charge in [0, 0.05) is 0 Å². The Morgan fingerprint density at radius 1 is 1.36 bits per heavy atom. The van der Waals surface area contributed by atoms with Gasteiger partial charge < -0.3 is 9.84 Å². The second kappa shape index (κ2) is 4.52. The van der Waals surface area contributed by atoms with Gasteiger partial charge in [0.2, 0.25) is 0 Å². The molecule has 0 aromatic heterocycles. The van der Waals surface area contributed by atoms with E-state index in [1.165, 1.54) is 0 Å². The van der Waals surface area contributed by atoms with E-state index in [9.17, 15) is 5.11 Å². The second-order valence-electron chi connectivity index (χ2n) is 3.05. The Morgan fingerprint density at radius 3 is 2.55 bits per heavy atom. The van der Waals surface area contributed by atoms with E-state index in [2.05, 4.69) is 6.58 Å². The molecular formula is C9H16O2. The minimum Gasteiger partial charge on any atom is -0.393 e. The fourth-order valence-corrected chi connectivity index (χ4v) is 1.42. The predicted molar refractivity (Wildman–Crippen MR) is 44.4 cm³/mol. The van der Waals surface area contributed by atoms with E-state index in [0.717, 1.165) is 25.7 Å². The van der Waals surface area contributed by atoms with Gasteiger partial charge in [-0.2, -0.15) is 0 Å². The van der Waals surface area contributed by atoms with Gasteiger partial charge in [-0.3, -0.25) is 0 Å². The lowest BCUT2D eigenvalue weighted by Gasteiger charge is -2.24. The van der Waals surface area contributed by atoms with Gasteiger partial charge in [0.1, 0.15) is 0 Å². The molecule has 0 aliphatic heterocycles. The number of aliphatic hydroxyl groups excluding tert-OH is 1. The fourth-order valence-electron chi connectivity index (χ4n) is 1.42. The van der Waals surface area contributed by atoms with Crippen molar-refractivity contribution in [3.8, 4) is 0 Å². The van der Waals surface area contributed by atoms with Crippen molar-refractivity contribution >= 4 is 0 Å². The van der Waals surface area contributed by atoms with Crippen LogP contribution in [0.2, 0.25) is 0 Å². The van der Waals surface area contributed by atoms with Gasteiger partial charge in [-0.15, -0.1) is 6.58 Å². The van der Waals surface area contributed by atoms with Crippen LogP contribution >= 0.6 is 0 Å². The molecule has 0 amide bonds. The maximum Gasteiger partial charge on any atom is 0.0648 e. The van der Waals surface area contributed by atoms with Crippen LogP contribution in [0.4, 0.5) is 0 Å². The molecule has 0 radical (unpaired) electrons. The van der Waals surface area contributed by atoms with Gasteiger partial charge in [-0.05, 0) is 25.7 Å². The van der Waals surface area contributed by atoms with Crippen molar-refractivity contribution in [3.63, 3.8) is 0 Å². The zero-order chi connectivity index (χ0) is 8.10. The Balaban J connectivity index is 2.12. The molecule has 1 aliphatic rings. The van der Waals surface area contributed by atoms with Gasteiger partial charge in [0.05, 0.1) is 18.8 Å². The lowest BCUT2D eigenvalue weighted by atomic mass is 9.95. The van der Waals surface area contributed by atoms with Crippen LogP contribution in [0.15, 0.2) is 12.7 Å². The molecule has 2 heteroatoms. The molecule has 0 aromatic rings. The molecule has 2 nitrogen and oxygen atoms in total. The monoisotopic (exact) mass is 156 g/mol. The minimum absolute atomic E-state index is 0.0846. The van der Waals surface area contributed by atoms with Crippen LogP contribution in [-0.4, -0.2) is 23.9 Å². The SMILES string of the molecule is C=CCOC1CCC(O)CC1. The summed E-state index contributed by atoms with van der Waals surface area (Å²) in [6, 6.07) is 0. The number of ether oxygens (including phenoxy) is 1. The quantitative estimate of drug-likeness (QED) is 0.627. The van der Waals surface area contributed by atoms with Crippen LogP contribution in [0.1, 0.15) is 25.7 Å². The van der Waals surface area contributed by atoms with Gasteiger partial charge in [0.15, 0.2) is 0 Å². The molecule has 1 rings (SSSR count). The van der Waals surface area contributed by atoms with Crippen molar-refractivity contribution in [2.24, 2.45) is 0 Å². The predicted octanol–water partition coefficient (Wildman–Crippen LogP) is 1.49. The van der Waals surface area contributed by atoms with Crippen LogP contribution in [0, 0.1) is 0 Å². The average Bonchev–Trinajstić information content (AvgIpc) is 2.04. The molecule has 0 aromatic carbocycles. The van der Waals surface area contributed by atoms with Crippen molar-refractivity contribution in [1.82, 2.24) is 0 Å². The van der Waals surface area contributed by atoms with Crippen molar-refractivity contribution in [1.29, 1.82) is 0 Å². The first-order chi connectivity index (χ1) is 5.33. The Hall–Kier alpha value is -0.340. The fraction of sp³-hybridized carbons (Fsp3) is 0.778. The van der Waals surface area contributed by atoms with Crippen molar-refractivity contribution in [2.75, 3.05) is 6.61 Å². The molecule has 11 heavy (non-hydrogen) atoms. The molecule has 0 heterocycles. The third-order valence-electron chi connectivity index (χ3n) is 2.09. The Morgan fingerprint density at radius 2 is 2.00 bits per heavy atom. The minimum atomic E-state index is -0.0846. The number of hydrogen-bond donors (Lipinski definition) is 1. The summed E-state index contributed by atoms with van der Waals surface area (Å²) >= 11 is 0. The summed E-state index contributed by atoms with van der Waals surface area (Å²) in [5, 5.41) is 9.18. The number of hydrogen-bond acceptors (Lipinski definition) is 2. The van der Waals surface area contributed by atoms with E-state index in [0.29, 0.717) is 12.7 Å². The zero-order valence-electron chi connectivity index (χ0n) is 6.83. The molecular weight excluding hydrogens is 140 g/mol. The highest BCUT2D eigenvalue weighted by Gasteiger charge is 2.18. The molecule has 64 valence electrons. The van der Waals surface area contributed by atoms with Crippen molar-refractivity contribution < 1.29 is 9.84 Å². The maximum absolute atomic E-state index is 9.18. The first-order valence-corrected chi connectivity index (χ1v) is 4.23. The zero-order valence-corrected chi connectivity index (χ0v) is 6.83. The van der Waals surface area contributed by atoms with E-state index in [1.54, 1.807) is 6.08 Å². The summed E-state index contributed by atoms with van der Waals surface area (Å²) in [6.45, 7) is 4.23. The largest absolute Gasteiger partial charge is 0.393 e. The van der Waals surface area contributed by atoms with Crippen LogP contribution in [0.5, 0.6) is 0 Å². The first-order valence-electron chi connectivity index (χ1n) is 4.23. The summed E-state index contributed by atoms with van der Waals surface area (Å²) in [4.78, 5) is 0. The summed E-state index contributed by atoms with van der Waals surface area (Å²) in [7, 11) is 0. The molecule has 1 fully saturated rings. The number of rotatable bonds is 3. The van der Waals surface area contributed by atoms with Crippen molar-refractivity contribution in [2.45, 2.75) is 37.9 Å². The highest BCUT2D eigenvalue weighted by atomic mass is 16.5. The second-order valence-corrected chi connectivity index (χ2v) is 3.05. The van der Waals surface area contributed by atoms with Crippen LogP contribution in [0.25, 0.3) is 0 Å². The third-order valence-corrected chi connectivity index (χ3v) is 2.09. The van der Waals surface area contributed by atoms with Gasteiger partial charge >= 0.3 is 0 Å². The molecule has 0 unspecified atom stereocenters. The molecule has 0 saturated heterocycles. The Kier molecular flexibility index (Phi) is 3.60. The van der Waals surface area contributed by atoms with E-state index in [1.807, 2.05) is 0 Å². The molecule has 0 spiro atoms. The lowest BCUT2D eigenvalue weighted by molar-refractivity contribution is 0.00913. The van der Waals surface area contributed by atoms with Gasteiger partial charge in [-0.25, -0.2) is 0 Å². The molecule has 1 aliphatic carbocycles. The average molecular weight is 156 g/mol. The highest BCUT2D eigenvalue weighted by Crippen LogP contribution is 2.20. The lowest BCUT2D eigenvalue weighted by Crippen LogP contribution is -2.24. The van der Waals surface area contributed by atoms with E-state index in [4.69, 9.17) is 4.74 Å². The molecule has 1 saturated carbocycles. The van der Waals surface area contributed by atoms with E-state index < -0.39 is 0 Å². The van der Waals surface area contributed by atoms with Crippen molar-refractivity contribution in [3.05, 3.63) is 12.7 Å². The van der Waals surface area contributed by atoms with Gasteiger partial charge in [-0.1, -0.05) is 6.08 Å². The highest BCUT2D eigenvalue weighted by molar-refractivity contribution is 4.73. The smallest absolute Gasteiger partial charge is 0.0648 e.